The first-order valence-corrected chi connectivity index (χ1v) is 12.5. The molecule has 4 amide bonds. The lowest BCUT2D eigenvalue weighted by atomic mass is 10.0. The first kappa shape index (κ1) is 29.1. The van der Waals surface area contributed by atoms with Gasteiger partial charge in [0.1, 0.15) is 23.9 Å². The smallest absolute Gasteiger partial charge is 0.326 e. The standard InChI is InChI=1S/C25H33N7O7/c26-21(34)8-7-18(30-22(35)17-2-1-9-28-17)23(36)31-19(11-15-12-27-13-29-15)24(37)32-20(25(38)39)10-14-3-5-16(33)6-4-14/h3-6,12-13,17-20,28,33H,1-2,7-11H2,(H2,26,34)(H,27,29)(H,30,35)(H,31,36)(H,32,37)(H,38,39)/t17-,18-,19-,20-/m0/s1. The van der Waals surface area contributed by atoms with Crippen molar-refractivity contribution in [2.75, 3.05) is 6.54 Å². The number of aromatic amines is 1. The van der Waals surface area contributed by atoms with Crippen molar-refractivity contribution in [3.8, 4) is 5.75 Å². The number of nitrogens with two attached hydrogens (primary N) is 1. The maximum Gasteiger partial charge on any atom is 0.326 e. The predicted octanol–water partition coefficient (Wildman–Crippen LogP) is -1.54. The summed E-state index contributed by atoms with van der Waals surface area (Å²) in [6.07, 6.45) is 3.89. The van der Waals surface area contributed by atoms with E-state index in [1.165, 1.54) is 36.8 Å². The van der Waals surface area contributed by atoms with Crippen LogP contribution in [-0.4, -0.2) is 80.5 Å². The van der Waals surface area contributed by atoms with Gasteiger partial charge in [0, 0.05) is 25.5 Å². The fourth-order valence-corrected chi connectivity index (χ4v) is 4.17. The molecule has 0 aliphatic carbocycles. The number of primary amides is 1. The van der Waals surface area contributed by atoms with E-state index < -0.39 is 53.8 Å². The van der Waals surface area contributed by atoms with Crippen LogP contribution in [0.1, 0.15) is 36.9 Å². The third-order valence-corrected chi connectivity index (χ3v) is 6.28. The maximum absolute atomic E-state index is 13.2. The summed E-state index contributed by atoms with van der Waals surface area (Å²) in [4.78, 5) is 69.3. The van der Waals surface area contributed by atoms with Crippen LogP contribution in [0.15, 0.2) is 36.8 Å². The van der Waals surface area contributed by atoms with Crippen molar-refractivity contribution in [1.82, 2.24) is 31.2 Å². The van der Waals surface area contributed by atoms with Crippen LogP contribution in [0.3, 0.4) is 0 Å². The van der Waals surface area contributed by atoms with Gasteiger partial charge in [0.2, 0.25) is 23.6 Å². The third kappa shape index (κ3) is 9.10. The van der Waals surface area contributed by atoms with Gasteiger partial charge >= 0.3 is 5.97 Å². The van der Waals surface area contributed by atoms with Crippen LogP contribution in [0.4, 0.5) is 0 Å². The van der Waals surface area contributed by atoms with Crippen molar-refractivity contribution in [2.45, 2.75) is 62.7 Å². The molecule has 39 heavy (non-hydrogen) atoms. The average molecular weight is 544 g/mol. The predicted molar refractivity (Wildman–Crippen MR) is 137 cm³/mol. The molecule has 0 spiro atoms. The molecule has 0 radical (unpaired) electrons. The van der Waals surface area contributed by atoms with Gasteiger partial charge in [-0.25, -0.2) is 9.78 Å². The van der Waals surface area contributed by atoms with Crippen LogP contribution in [0.2, 0.25) is 0 Å². The zero-order valence-corrected chi connectivity index (χ0v) is 21.2. The second kappa shape index (κ2) is 13.9. The van der Waals surface area contributed by atoms with E-state index in [9.17, 15) is 34.2 Å². The summed E-state index contributed by atoms with van der Waals surface area (Å²) in [6.45, 7) is 0.664. The number of carbonyl (C=O) groups excluding carboxylic acids is 4. The molecule has 1 aliphatic rings. The molecule has 9 N–H and O–H groups in total. The Bertz CT molecular complexity index is 1150. The molecule has 210 valence electrons. The van der Waals surface area contributed by atoms with Crippen molar-refractivity contribution in [2.24, 2.45) is 5.73 Å². The lowest BCUT2D eigenvalue weighted by Crippen LogP contribution is -2.58. The molecule has 0 saturated carbocycles. The molecule has 1 aromatic carbocycles. The van der Waals surface area contributed by atoms with Crippen LogP contribution in [0.5, 0.6) is 5.75 Å². The largest absolute Gasteiger partial charge is 0.508 e. The van der Waals surface area contributed by atoms with Crippen LogP contribution >= 0.6 is 0 Å². The summed E-state index contributed by atoms with van der Waals surface area (Å²) in [5.41, 5.74) is 6.23. The van der Waals surface area contributed by atoms with Crippen LogP contribution in [0, 0.1) is 0 Å². The lowest BCUT2D eigenvalue weighted by Gasteiger charge is -2.25. The summed E-state index contributed by atoms with van der Waals surface area (Å²) < 4.78 is 0. The highest BCUT2D eigenvalue weighted by atomic mass is 16.4. The Balaban J connectivity index is 1.75. The van der Waals surface area contributed by atoms with E-state index in [1.54, 1.807) is 0 Å². The molecule has 0 unspecified atom stereocenters. The van der Waals surface area contributed by atoms with E-state index in [-0.39, 0.29) is 31.4 Å². The molecule has 0 bridgehead atoms. The number of aliphatic carboxylic acids is 1. The van der Waals surface area contributed by atoms with E-state index in [0.29, 0.717) is 24.2 Å². The number of carboxylic acid groups (broad SMARTS) is 1. The summed E-state index contributed by atoms with van der Waals surface area (Å²) in [5, 5.41) is 29.8. The molecule has 3 rings (SSSR count). The Hall–Kier alpha value is -4.46. The van der Waals surface area contributed by atoms with E-state index >= 15 is 0 Å². The number of benzene rings is 1. The Kier molecular flexibility index (Phi) is 10.4. The molecule has 1 fully saturated rings. The Morgan fingerprint density at radius 1 is 1.00 bits per heavy atom. The molecule has 14 nitrogen and oxygen atoms in total. The minimum Gasteiger partial charge on any atom is -0.508 e. The van der Waals surface area contributed by atoms with Crippen molar-refractivity contribution < 1.29 is 34.2 Å². The number of nitrogens with one attached hydrogen (secondary N) is 5. The van der Waals surface area contributed by atoms with Gasteiger partial charge in [0.25, 0.3) is 0 Å². The fraction of sp³-hybridized carbons (Fsp3) is 0.440. The number of nitrogens with zero attached hydrogens (tertiary/aromatic N) is 1. The van der Waals surface area contributed by atoms with Gasteiger partial charge in [-0.05, 0) is 43.5 Å². The Morgan fingerprint density at radius 2 is 1.69 bits per heavy atom. The van der Waals surface area contributed by atoms with E-state index in [1.807, 2.05) is 0 Å². The first-order chi connectivity index (χ1) is 18.6. The maximum atomic E-state index is 13.2. The van der Waals surface area contributed by atoms with Crippen LogP contribution in [-0.2, 0) is 36.8 Å². The molecular formula is C25H33N7O7. The van der Waals surface area contributed by atoms with Crippen molar-refractivity contribution in [3.63, 3.8) is 0 Å². The normalized spacial score (nSPS) is 17.0. The Morgan fingerprint density at radius 3 is 2.28 bits per heavy atom. The number of rotatable bonds is 14. The topological polar surface area (TPSA) is 229 Å². The van der Waals surface area contributed by atoms with Crippen molar-refractivity contribution in [3.05, 3.63) is 48.0 Å². The molecule has 4 atom stereocenters. The zero-order valence-electron chi connectivity index (χ0n) is 21.2. The summed E-state index contributed by atoms with van der Waals surface area (Å²) in [7, 11) is 0. The molecule has 2 heterocycles. The number of phenols is 1. The monoisotopic (exact) mass is 543 g/mol. The number of hydrogen-bond acceptors (Lipinski definition) is 8. The molecule has 14 heteroatoms. The second-order valence-electron chi connectivity index (χ2n) is 9.31. The lowest BCUT2D eigenvalue weighted by molar-refractivity contribution is -0.142. The summed E-state index contributed by atoms with van der Waals surface area (Å²) >= 11 is 0. The molecule has 2 aromatic rings. The highest BCUT2D eigenvalue weighted by Gasteiger charge is 2.32. The van der Waals surface area contributed by atoms with Crippen LogP contribution in [0.25, 0.3) is 0 Å². The first-order valence-electron chi connectivity index (χ1n) is 12.5. The van der Waals surface area contributed by atoms with E-state index in [4.69, 9.17) is 5.73 Å². The minimum absolute atomic E-state index is 0.0122. The second-order valence-corrected chi connectivity index (χ2v) is 9.31. The highest BCUT2D eigenvalue weighted by Crippen LogP contribution is 2.12. The number of carbonyl (C=O) groups is 5. The number of aromatic nitrogens is 2. The van der Waals surface area contributed by atoms with Gasteiger partial charge in [0.15, 0.2) is 0 Å². The highest BCUT2D eigenvalue weighted by molar-refractivity contribution is 5.94. The minimum atomic E-state index is -1.33. The number of H-pyrrole nitrogens is 1. The number of carboxylic acids is 1. The SMILES string of the molecule is NC(=O)CC[C@H](NC(=O)[C@@H]1CCCN1)C(=O)N[C@@H](Cc1c[nH]cn1)C(=O)N[C@@H](Cc1ccc(O)cc1)C(=O)O. The van der Waals surface area contributed by atoms with E-state index in [2.05, 4.69) is 31.2 Å². The van der Waals surface area contributed by atoms with Crippen molar-refractivity contribution in [1.29, 1.82) is 0 Å². The molecule has 1 saturated heterocycles. The molecule has 1 aromatic heterocycles. The fourth-order valence-electron chi connectivity index (χ4n) is 4.17. The van der Waals surface area contributed by atoms with Crippen molar-refractivity contribution >= 4 is 29.6 Å². The molecular weight excluding hydrogens is 510 g/mol. The number of phenolic OH excluding ortho intramolecular Hbond substituents is 1. The van der Waals surface area contributed by atoms with Gasteiger partial charge in [-0.3, -0.25) is 19.2 Å². The number of aromatic hydroxyl groups is 1. The number of amides is 4. The number of hydrogen-bond donors (Lipinski definition) is 8. The van der Waals surface area contributed by atoms with Gasteiger partial charge < -0.3 is 42.2 Å². The Labute approximate surface area is 224 Å². The average Bonchev–Trinajstić information content (AvgIpc) is 3.61. The third-order valence-electron chi connectivity index (χ3n) is 6.28. The van der Waals surface area contributed by atoms with Gasteiger partial charge in [-0.1, -0.05) is 12.1 Å². The van der Waals surface area contributed by atoms with Gasteiger partial charge in [0.05, 0.1) is 18.1 Å². The summed E-state index contributed by atoms with van der Waals surface area (Å²) in [5.74, 6) is -3.87. The molecule has 1 aliphatic heterocycles. The van der Waals surface area contributed by atoms with Crippen LogP contribution < -0.4 is 27.0 Å². The summed E-state index contributed by atoms with van der Waals surface area (Å²) in [6, 6.07) is 1.65. The van der Waals surface area contributed by atoms with Gasteiger partial charge in [-0.2, -0.15) is 0 Å². The zero-order chi connectivity index (χ0) is 28.4. The quantitative estimate of drug-likeness (QED) is 0.138. The van der Waals surface area contributed by atoms with Gasteiger partial charge in [-0.15, -0.1) is 0 Å². The van der Waals surface area contributed by atoms with E-state index in [0.717, 1.165) is 6.42 Å². The number of imidazole rings is 1.